The van der Waals surface area contributed by atoms with Gasteiger partial charge in [0.1, 0.15) is 0 Å². The molecule has 3 aliphatic rings. The van der Waals surface area contributed by atoms with Crippen molar-refractivity contribution < 1.29 is 33.4 Å². The van der Waals surface area contributed by atoms with Crippen molar-refractivity contribution in [2.75, 3.05) is 51.8 Å². The van der Waals surface area contributed by atoms with Gasteiger partial charge in [0.25, 0.3) is 11.8 Å². The van der Waals surface area contributed by atoms with Gasteiger partial charge in [-0.05, 0) is 12.8 Å². The highest BCUT2D eigenvalue weighted by atomic mass is 32.2. The number of urea groups is 1. The maximum Gasteiger partial charge on any atom is 0.315 e. The Hall–Kier alpha value is -2.64. The molecule has 3 aliphatic heterocycles. The van der Waals surface area contributed by atoms with Gasteiger partial charge in [0, 0.05) is 55.6 Å². The van der Waals surface area contributed by atoms with Crippen LogP contribution in [0.15, 0.2) is 12.2 Å². The van der Waals surface area contributed by atoms with Crippen LogP contribution >= 0.6 is 11.8 Å². The van der Waals surface area contributed by atoms with Crippen LogP contribution in [0.2, 0.25) is 0 Å². The summed E-state index contributed by atoms with van der Waals surface area (Å²) in [6, 6.07) is 0.368. The van der Waals surface area contributed by atoms with E-state index in [4.69, 9.17) is 9.47 Å². The first-order valence-corrected chi connectivity index (χ1v) is 13.4. The van der Waals surface area contributed by atoms with Crippen molar-refractivity contribution in [1.29, 1.82) is 0 Å². The minimum atomic E-state index is -0.400. The fourth-order valence-corrected chi connectivity index (χ4v) is 5.71. The van der Waals surface area contributed by atoms with Crippen LogP contribution in [0.4, 0.5) is 4.79 Å². The van der Waals surface area contributed by atoms with Gasteiger partial charge in [0.2, 0.25) is 11.8 Å². The van der Waals surface area contributed by atoms with Gasteiger partial charge in [-0.15, -0.1) is 0 Å². The predicted octanol–water partition coefficient (Wildman–Crippen LogP) is -0.707. The maximum absolute atomic E-state index is 11.9. The predicted molar refractivity (Wildman–Crippen MR) is 132 cm³/mol. The summed E-state index contributed by atoms with van der Waals surface area (Å²) in [5, 5.41) is 11.8. The number of hydrogen-bond donors (Lipinski definition) is 4. The van der Waals surface area contributed by atoms with Crippen LogP contribution in [0.5, 0.6) is 0 Å². The van der Waals surface area contributed by atoms with Crippen molar-refractivity contribution >= 4 is 41.4 Å². The smallest absolute Gasteiger partial charge is 0.315 e. The van der Waals surface area contributed by atoms with Gasteiger partial charge in [-0.25, -0.2) is 4.79 Å². The van der Waals surface area contributed by atoms with Crippen LogP contribution in [0.1, 0.15) is 32.1 Å². The van der Waals surface area contributed by atoms with Crippen molar-refractivity contribution in [2.45, 2.75) is 49.4 Å². The van der Waals surface area contributed by atoms with Gasteiger partial charge in [-0.1, -0.05) is 6.42 Å². The molecule has 2 fully saturated rings. The molecule has 0 radical (unpaired) electrons. The number of nitrogens with one attached hydrogen (secondary N) is 4. The van der Waals surface area contributed by atoms with Crippen LogP contribution in [-0.4, -0.2) is 104 Å². The molecular formula is C23H35N5O7S. The summed E-state index contributed by atoms with van der Waals surface area (Å²) < 4.78 is 10.8. The van der Waals surface area contributed by atoms with Gasteiger partial charge < -0.3 is 30.7 Å². The molecule has 0 aromatic heterocycles. The van der Waals surface area contributed by atoms with Crippen LogP contribution < -0.4 is 21.3 Å². The number of hydrogen-bond acceptors (Lipinski definition) is 8. The largest absolute Gasteiger partial charge is 0.377 e. The van der Waals surface area contributed by atoms with Crippen LogP contribution in [0.3, 0.4) is 0 Å². The molecule has 0 aromatic rings. The minimum absolute atomic E-state index is 0.00750. The molecule has 0 spiro atoms. The van der Waals surface area contributed by atoms with Crippen LogP contribution in [-0.2, 0) is 28.7 Å². The van der Waals surface area contributed by atoms with Crippen molar-refractivity contribution in [3.63, 3.8) is 0 Å². The number of unbranched alkanes of at least 4 members (excludes halogenated alkanes) is 1. The first-order chi connectivity index (χ1) is 17.4. The fraction of sp³-hybridized carbons (Fsp3) is 0.696. The highest BCUT2D eigenvalue weighted by molar-refractivity contribution is 8.00. The third kappa shape index (κ3) is 9.10. The average molecular weight is 526 g/mol. The molecule has 200 valence electrons. The zero-order valence-electron chi connectivity index (χ0n) is 20.3. The van der Waals surface area contributed by atoms with Gasteiger partial charge in [0.15, 0.2) is 0 Å². The van der Waals surface area contributed by atoms with Crippen molar-refractivity contribution in [2.24, 2.45) is 0 Å². The summed E-state index contributed by atoms with van der Waals surface area (Å²) in [7, 11) is 0. The summed E-state index contributed by atoms with van der Waals surface area (Å²) >= 11 is 1.88. The molecule has 3 heterocycles. The number of fused-ring (bicyclic) bond motifs is 1. The Morgan fingerprint density at radius 3 is 2.22 bits per heavy atom. The molecular weight excluding hydrogens is 490 g/mol. The molecule has 0 aromatic carbocycles. The Bertz CT molecular complexity index is 822. The normalized spacial score (nSPS) is 22.5. The topological polar surface area (TPSA) is 155 Å². The number of amides is 6. The van der Waals surface area contributed by atoms with Gasteiger partial charge >= 0.3 is 6.03 Å². The number of ether oxygens (including phenoxy) is 2. The van der Waals surface area contributed by atoms with E-state index in [1.54, 1.807) is 0 Å². The lowest BCUT2D eigenvalue weighted by atomic mass is 10.0. The number of imide groups is 1. The Kier molecular flexibility index (Phi) is 11.5. The minimum Gasteiger partial charge on any atom is -0.377 e. The lowest BCUT2D eigenvalue weighted by Crippen LogP contribution is -2.36. The third-order valence-electron chi connectivity index (χ3n) is 6.05. The highest BCUT2D eigenvalue weighted by Gasteiger charge is 2.42. The van der Waals surface area contributed by atoms with E-state index in [9.17, 15) is 24.0 Å². The summed E-state index contributed by atoms with van der Waals surface area (Å²) in [6.07, 6.45) is 5.67. The van der Waals surface area contributed by atoms with E-state index in [1.807, 2.05) is 11.8 Å². The van der Waals surface area contributed by atoms with Gasteiger partial charge in [-0.3, -0.25) is 24.1 Å². The molecule has 12 nitrogen and oxygen atoms in total. The molecule has 0 bridgehead atoms. The fourth-order valence-electron chi connectivity index (χ4n) is 4.16. The second kappa shape index (κ2) is 14.8. The standard InChI is InChI=1S/C23H35N5O7S/c29-18(4-2-1-3-17-22-16(15-36-17)26-23(33)27-22)24-8-11-34-13-14-35-12-9-25-19(30)7-10-28-20(31)5-6-21(28)32/h5-6,16-17,22H,1-4,7-15H2,(H,24,29)(H,25,30)(H2,26,27,33). The lowest BCUT2D eigenvalue weighted by molar-refractivity contribution is -0.137. The molecule has 36 heavy (non-hydrogen) atoms. The summed E-state index contributed by atoms with van der Waals surface area (Å²) in [6.45, 7) is 2.27. The van der Waals surface area contributed by atoms with Crippen LogP contribution in [0, 0.1) is 0 Å². The molecule has 3 rings (SSSR count). The Balaban J connectivity index is 1.06. The molecule has 3 unspecified atom stereocenters. The van der Waals surface area contributed by atoms with Gasteiger partial charge in [0.05, 0.1) is 38.5 Å². The van der Waals surface area contributed by atoms with E-state index >= 15 is 0 Å². The molecule has 13 heteroatoms. The summed E-state index contributed by atoms with van der Waals surface area (Å²) in [4.78, 5) is 58.9. The Morgan fingerprint density at radius 2 is 1.56 bits per heavy atom. The second-order valence-corrected chi connectivity index (χ2v) is 9.98. The zero-order chi connectivity index (χ0) is 25.8. The van der Waals surface area contributed by atoms with E-state index in [1.165, 1.54) is 12.2 Å². The summed E-state index contributed by atoms with van der Waals surface area (Å²) in [5.41, 5.74) is 0. The molecule has 4 N–H and O–H groups in total. The maximum atomic E-state index is 11.9. The number of thioether (sulfide) groups is 1. The Morgan fingerprint density at radius 1 is 0.917 bits per heavy atom. The van der Waals surface area contributed by atoms with E-state index in [-0.39, 0.29) is 42.9 Å². The monoisotopic (exact) mass is 525 g/mol. The molecule has 0 aliphatic carbocycles. The third-order valence-corrected chi connectivity index (χ3v) is 7.56. The van der Waals surface area contributed by atoms with Gasteiger partial charge in [-0.2, -0.15) is 11.8 Å². The first kappa shape index (κ1) is 27.9. The van der Waals surface area contributed by atoms with Crippen molar-refractivity contribution in [3.05, 3.63) is 12.2 Å². The molecule has 6 amide bonds. The van der Waals surface area contributed by atoms with Crippen molar-refractivity contribution in [1.82, 2.24) is 26.2 Å². The number of nitrogens with zero attached hydrogens (tertiary/aromatic N) is 1. The Labute approximate surface area is 214 Å². The lowest BCUT2D eigenvalue weighted by Gasteiger charge is -2.16. The SMILES string of the molecule is O=C(CCCCC1SCC2NC(=O)NC21)NCCOCCOCCNC(=O)CCN1C(=O)C=CC1=O. The quantitative estimate of drug-likeness (QED) is 0.110. The van der Waals surface area contributed by atoms with Crippen molar-refractivity contribution in [3.8, 4) is 0 Å². The summed E-state index contributed by atoms with van der Waals surface area (Å²) in [5.74, 6) is -0.107. The number of rotatable bonds is 17. The average Bonchev–Trinajstić information content (AvgIpc) is 3.50. The molecule has 3 atom stereocenters. The number of carbonyl (C=O) groups is 5. The molecule has 0 saturated carbocycles. The molecule has 2 saturated heterocycles. The zero-order valence-corrected chi connectivity index (χ0v) is 21.1. The van der Waals surface area contributed by atoms with Crippen LogP contribution in [0.25, 0.3) is 0 Å². The first-order valence-electron chi connectivity index (χ1n) is 12.3. The van der Waals surface area contributed by atoms with E-state index < -0.39 is 11.8 Å². The number of carbonyl (C=O) groups excluding carboxylic acids is 5. The highest BCUT2D eigenvalue weighted by Crippen LogP contribution is 2.33. The van der Waals surface area contributed by atoms with E-state index in [0.717, 1.165) is 29.9 Å². The second-order valence-electron chi connectivity index (χ2n) is 8.70. The van der Waals surface area contributed by atoms with E-state index in [0.29, 0.717) is 51.2 Å². The van der Waals surface area contributed by atoms with E-state index in [2.05, 4.69) is 21.3 Å².